The van der Waals surface area contributed by atoms with Crippen LogP contribution >= 0.6 is 0 Å². The largest absolute Gasteiger partial charge is 0.370 e. The summed E-state index contributed by atoms with van der Waals surface area (Å²) in [6, 6.07) is 0. The Morgan fingerprint density at radius 1 is 0.720 bits per heavy atom. The molecule has 0 saturated carbocycles. The highest BCUT2D eigenvalue weighted by Gasteiger charge is 2.32. The molecule has 0 aliphatic heterocycles. The lowest BCUT2D eigenvalue weighted by atomic mass is 9.77. The van der Waals surface area contributed by atoms with Crippen LogP contribution in [0.4, 0.5) is 0 Å². The van der Waals surface area contributed by atoms with Crippen molar-refractivity contribution in [3.8, 4) is 0 Å². The molecule has 1 heteroatoms. The fourth-order valence-electron chi connectivity index (χ4n) is 4.57. The van der Waals surface area contributed by atoms with E-state index in [-0.39, 0.29) is 20.4 Å². The van der Waals surface area contributed by atoms with Crippen molar-refractivity contribution in [2.24, 2.45) is 11.3 Å². The van der Waals surface area contributed by atoms with Crippen molar-refractivity contribution in [3.05, 3.63) is 0 Å². The molecular weight excluding hydrogens is 313 g/mol. The second kappa shape index (κ2) is 16.9. The molecule has 0 spiro atoms. The number of rotatable bonds is 18. The topological polar surface area (TPSA) is 0 Å². The summed E-state index contributed by atoms with van der Waals surface area (Å²) in [5.74, 6) is 1.04. The van der Waals surface area contributed by atoms with E-state index >= 15 is 0 Å². The first-order valence-corrected chi connectivity index (χ1v) is 13.9. The van der Waals surface area contributed by atoms with Crippen LogP contribution < -0.4 is 0 Å². The van der Waals surface area contributed by atoms with Gasteiger partial charge in [-0.25, -0.2) is 0 Å². The monoisotopic (exact) mass is 362 g/mol. The third kappa shape index (κ3) is 12.0. The molecule has 0 aliphatic carbocycles. The van der Waals surface area contributed by atoms with Crippen LogP contribution in [0.3, 0.4) is 0 Å². The standard InChI is InChI=1S/C16H33.C8H17.Mg/c1-5-8-10-11-12-13-15-16(4,7-3)14-9-6-2;1-4-6-7-8(3)5-2;/h15H,5-14H2,1-4H3;8H,3-7H2,1-2H3;. The van der Waals surface area contributed by atoms with Crippen LogP contribution in [0.2, 0.25) is 8.60 Å². The second-order valence-electron chi connectivity index (χ2n) is 9.00. The summed E-state index contributed by atoms with van der Waals surface area (Å²) in [6.07, 6.45) is 20.3. The SMILES string of the molecule is CCCCCCC[CH]([Mg][CH2]C(CC)CCCC)C(C)(CC)CCCC. The Morgan fingerprint density at radius 3 is 1.92 bits per heavy atom. The summed E-state index contributed by atoms with van der Waals surface area (Å²) >= 11 is 0.0563. The van der Waals surface area contributed by atoms with Gasteiger partial charge in [0.25, 0.3) is 0 Å². The third-order valence-electron chi connectivity index (χ3n) is 7.02. The predicted octanol–water partition coefficient (Wildman–Crippen LogP) is 9.08. The Bertz CT molecular complexity index is 275. The molecule has 0 aromatic carbocycles. The zero-order valence-electron chi connectivity index (χ0n) is 19.0. The van der Waals surface area contributed by atoms with Crippen molar-refractivity contribution in [1.82, 2.24) is 0 Å². The van der Waals surface area contributed by atoms with E-state index in [1.165, 1.54) is 83.5 Å². The zero-order chi connectivity index (χ0) is 19.0. The molecule has 0 saturated heterocycles. The van der Waals surface area contributed by atoms with Crippen LogP contribution in [0, 0.1) is 11.3 Å². The molecule has 0 amide bonds. The average Bonchev–Trinajstić information content (AvgIpc) is 2.64. The average molecular weight is 363 g/mol. The van der Waals surface area contributed by atoms with Crippen LogP contribution in [-0.4, -0.2) is 20.4 Å². The number of unbranched alkanes of at least 4 members (excludes halogenated alkanes) is 6. The smallest absolute Gasteiger partial charge is 0.143 e. The second-order valence-corrected chi connectivity index (χ2v) is 11.1. The quantitative estimate of drug-likeness (QED) is 0.168. The molecule has 3 atom stereocenters. The molecule has 0 fully saturated rings. The van der Waals surface area contributed by atoms with Gasteiger partial charge in [0, 0.05) is 0 Å². The summed E-state index contributed by atoms with van der Waals surface area (Å²) in [4.78, 5) is 0. The Morgan fingerprint density at radius 2 is 1.36 bits per heavy atom. The summed E-state index contributed by atoms with van der Waals surface area (Å²) in [6.45, 7) is 14.6. The lowest BCUT2D eigenvalue weighted by Crippen LogP contribution is -2.27. The van der Waals surface area contributed by atoms with E-state index in [2.05, 4.69) is 41.5 Å². The first-order chi connectivity index (χ1) is 12.1. The van der Waals surface area contributed by atoms with Gasteiger partial charge in [-0.1, -0.05) is 136 Å². The summed E-state index contributed by atoms with van der Waals surface area (Å²) < 4.78 is 2.72. The normalized spacial score (nSPS) is 16.2. The van der Waals surface area contributed by atoms with E-state index in [0.717, 1.165) is 9.97 Å². The van der Waals surface area contributed by atoms with Gasteiger partial charge in [0.2, 0.25) is 0 Å². The van der Waals surface area contributed by atoms with Crippen LogP contribution in [0.5, 0.6) is 0 Å². The van der Waals surface area contributed by atoms with E-state index in [1.54, 1.807) is 11.0 Å². The third-order valence-corrected chi connectivity index (χ3v) is 10.3. The maximum Gasteiger partial charge on any atom is 0.370 e. The van der Waals surface area contributed by atoms with Gasteiger partial charge >= 0.3 is 20.4 Å². The van der Waals surface area contributed by atoms with Crippen LogP contribution in [-0.2, 0) is 0 Å². The molecule has 0 aliphatic rings. The molecule has 0 aromatic rings. The lowest BCUT2D eigenvalue weighted by Gasteiger charge is -2.39. The van der Waals surface area contributed by atoms with Crippen molar-refractivity contribution in [1.29, 1.82) is 0 Å². The Balaban J connectivity index is 4.67. The van der Waals surface area contributed by atoms with E-state index in [1.807, 2.05) is 0 Å². The van der Waals surface area contributed by atoms with Gasteiger partial charge in [-0.3, -0.25) is 0 Å². The fraction of sp³-hybridized carbons (Fsp3) is 1.00. The van der Waals surface area contributed by atoms with Gasteiger partial charge in [-0.05, 0) is 6.42 Å². The van der Waals surface area contributed by atoms with Gasteiger partial charge in [0.05, 0.1) is 0 Å². The molecule has 0 aromatic heterocycles. The first-order valence-electron chi connectivity index (χ1n) is 12.1. The van der Waals surface area contributed by atoms with Crippen molar-refractivity contribution in [2.75, 3.05) is 0 Å². The molecule has 0 heterocycles. The van der Waals surface area contributed by atoms with E-state index in [4.69, 9.17) is 0 Å². The van der Waals surface area contributed by atoms with Crippen molar-refractivity contribution in [3.63, 3.8) is 0 Å². The van der Waals surface area contributed by atoms with Crippen LogP contribution in [0.25, 0.3) is 0 Å². The summed E-state index contributed by atoms with van der Waals surface area (Å²) in [5, 5.41) is 0. The zero-order valence-corrected chi connectivity index (χ0v) is 20.4. The maximum absolute atomic E-state index is 2.65. The lowest BCUT2D eigenvalue weighted by molar-refractivity contribution is 0.241. The Hall–Kier alpha value is 0.766. The molecule has 0 N–H and O–H groups in total. The highest BCUT2D eigenvalue weighted by molar-refractivity contribution is 6.38. The van der Waals surface area contributed by atoms with Gasteiger partial charge < -0.3 is 0 Å². The highest BCUT2D eigenvalue weighted by Crippen LogP contribution is 2.44. The van der Waals surface area contributed by atoms with Crippen LogP contribution in [0.1, 0.15) is 131 Å². The van der Waals surface area contributed by atoms with E-state index in [0.29, 0.717) is 5.41 Å². The minimum absolute atomic E-state index is 0.0563. The van der Waals surface area contributed by atoms with Gasteiger partial charge in [0.1, 0.15) is 0 Å². The maximum atomic E-state index is 2.65. The number of hydrogen-bond donors (Lipinski definition) is 0. The molecule has 0 radical (unpaired) electrons. The highest BCUT2D eigenvalue weighted by atomic mass is 24.5. The molecule has 3 unspecified atom stereocenters. The van der Waals surface area contributed by atoms with Gasteiger partial charge in [-0.15, -0.1) is 8.60 Å². The van der Waals surface area contributed by atoms with Crippen LogP contribution in [0.15, 0.2) is 0 Å². The molecule has 0 rings (SSSR count). The van der Waals surface area contributed by atoms with E-state index < -0.39 is 0 Å². The minimum Gasteiger partial charge on any atom is -0.143 e. The molecular formula is C24H50Mg. The predicted molar refractivity (Wildman–Crippen MR) is 119 cm³/mol. The number of hydrogen-bond acceptors (Lipinski definition) is 0. The summed E-state index contributed by atoms with van der Waals surface area (Å²) in [5.41, 5.74) is 0.649. The van der Waals surface area contributed by atoms with Crippen molar-refractivity contribution >= 4 is 20.4 Å². The molecule has 25 heavy (non-hydrogen) atoms. The Labute approximate surface area is 171 Å². The molecule has 0 bridgehead atoms. The van der Waals surface area contributed by atoms with Crippen molar-refractivity contribution in [2.45, 2.75) is 140 Å². The fourth-order valence-corrected chi connectivity index (χ4v) is 7.91. The Kier molecular flexibility index (Phi) is 17.4. The minimum atomic E-state index is 0.0563. The van der Waals surface area contributed by atoms with E-state index in [9.17, 15) is 0 Å². The summed E-state index contributed by atoms with van der Waals surface area (Å²) in [7, 11) is 0. The van der Waals surface area contributed by atoms with Gasteiger partial charge in [-0.2, -0.15) is 0 Å². The molecule has 0 nitrogen and oxygen atoms in total. The molecule has 148 valence electrons. The van der Waals surface area contributed by atoms with Crippen molar-refractivity contribution < 1.29 is 0 Å². The van der Waals surface area contributed by atoms with Gasteiger partial charge in [0.15, 0.2) is 0 Å². The first kappa shape index (κ1) is 25.8.